The Kier molecular flexibility index (Phi) is 10.7. The van der Waals surface area contributed by atoms with Gasteiger partial charge in [0.05, 0.1) is 20.8 Å². The van der Waals surface area contributed by atoms with Crippen LogP contribution in [0, 0.1) is 0 Å². The Morgan fingerprint density at radius 2 is 1.59 bits per heavy atom. The molecule has 0 fully saturated rings. The van der Waals surface area contributed by atoms with Crippen molar-refractivity contribution in [2.75, 3.05) is 20.8 Å². The Bertz CT molecular complexity index is 997. The van der Waals surface area contributed by atoms with E-state index in [2.05, 4.69) is 16.4 Å². The molecule has 0 unspecified atom stereocenters. The first kappa shape index (κ1) is 25.3. The number of aliphatic imine (C=N–C) groups is 1. The van der Waals surface area contributed by atoms with E-state index < -0.39 is 0 Å². The first-order chi connectivity index (χ1) is 15.2. The highest BCUT2D eigenvalue weighted by molar-refractivity contribution is 14.0. The summed E-state index contributed by atoms with van der Waals surface area (Å²) in [5.74, 6) is 2.72. The molecule has 0 aliphatic rings. The maximum atomic E-state index is 6.03. The summed E-state index contributed by atoms with van der Waals surface area (Å²) >= 11 is 0. The fourth-order valence-corrected chi connectivity index (χ4v) is 3.10. The number of rotatable bonds is 10. The summed E-state index contributed by atoms with van der Waals surface area (Å²) in [7, 11) is 3.26. The van der Waals surface area contributed by atoms with Crippen molar-refractivity contribution in [2.45, 2.75) is 19.6 Å². The molecule has 0 amide bonds. The summed E-state index contributed by atoms with van der Waals surface area (Å²) in [6.45, 7) is 1.70. The molecule has 3 aromatic rings. The zero-order valence-electron chi connectivity index (χ0n) is 18.4. The Hall–Kier alpha value is -2.94. The fraction of sp³-hybridized carbons (Fsp3) is 0.240. The van der Waals surface area contributed by atoms with Gasteiger partial charge in [-0.2, -0.15) is 0 Å². The summed E-state index contributed by atoms with van der Waals surface area (Å²) in [5.41, 5.74) is 9.33. The van der Waals surface area contributed by atoms with Gasteiger partial charge in [0.25, 0.3) is 0 Å². The van der Waals surface area contributed by atoms with Gasteiger partial charge in [0.15, 0.2) is 17.5 Å². The number of ether oxygens (including phenoxy) is 3. The highest BCUT2D eigenvalue weighted by Gasteiger charge is 2.04. The molecule has 0 heterocycles. The number of guanidine groups is 1. The lowest BCUT2D eigenvalue weighted by molar-refractivity contribution is 0.306. The maximum Gasteiger partial charge on any atom is 0.188 e. The van der Waals surface area contributed by atoms with Gasteiger partial charge >= 0.3 is 0 Å². The lowest BCUT2D eigenvalue weighted by Crippen LogP contribution is -2.33. The minimum absolute atomic E-state index is 0. The smallest absolute Gasteiger partial charge is 0.188 e. The van der Waals surface area contributed by atoms with Gasteiger partial charge in [0.2, 0.25) is 0 Å². The highest BCUT2D eigenvalue weighted by atomic mass is 127. The number of para-hydroxylation sites is 1. The Morgan fingerprint density at radius 3 is 2.34 bits per heavy atom. The molecule has 0 saturated heterocycles. The van der Waals surface area contributed by atoms with Crippen molar-refractivity contribution in [1.82, 2.24) is 5.32 Å². The van der Waals surface area contributed by atoms with Gasteiger partial charge in [0.1, 0.15) is 12.4 Å². The van der Waals surface area contributed by atoms with Crippen LogP contribution in [-0.4, -0.2) is 26.7 Å². The summed E-state index contributed by atoms with van der Waals surface area (Å²) in [6.07, 6.45) is 0.795. The minimum atomic E-state index is 0. The molecule has 0 bridgehead atoms. The number of methoxy groups -OCH3 is 2. The van der Waals surface area contributed by atoms with E-state index in [0.29, 0.717) is 25.7 Å². The fourth-order valence-electron chi connectivity index (χ4n) is 3.10. The van der Waals surface area contributed by atoms with Crippen molar-refractivity contribution in [3.63, 3.8) is 0 Å². The van der Waals surface area contributed by atoms with Gasteiger partial charge in [-0.25, -0.2) is 4.99 Å². The van der Waals surface area contributed by atoms with Crippen LogP contribution in [0.5, 0.6) is 17.2 Å². The molecule has 3 aromatic carbocycles. The first-order valence-electron chi connectivity index (χ1n) is 10.2. The highest BCUT2D eigenvalue weighted by Crippen LogP contribution is 2.27. The maximum absolute atomic E-state index is 6.03. The van der Waals surface area contributed by atoms with E-state index in [-0.39, 0.29) is 24.0 Å². The van der Waals surface area contributed by atoms with Crippen LogP contribution in [0.3, 0.4) is 0 Å². The number of nitrogens with two attached hydrogens (primary N) is 1. The predicted molar refractivity (Wildman–Crippen MR) is 139 cm³/mol. The largest absolute Gasteiger partial charge is 0.493 e. The van der Waals surface area contributed by atoms with Gasteiger partial charge < -0.3 is 25.3 Å². The number of hydrogen-bond acceptors (Lipinski definition) is 4. The normalized spacial score (nSPS) is 10.8. The molecular weight excluding hydrogens is 517 g/mol. The summed E-state index contributed by atoms with van der Waals surface area (Å²) in [6, 6.07) is 23.8. The zero-order chi connectivity index (χ0) is 21.9. The van der Waals surface area contributed by atoms with E-state index >= 15 is 0 Å². The Morgan fingerprint density at radius 1 is 0.844 bits per heavy atom. The molecule has 0 aliphatic carbocycles. The van der Waals surface area contributed by atoms with E-state index in [9.17, 15) is 0 Å². The van der Waals surface area contributed by atoms with Gasteiger partial charge in [-0.05, 0) is 47.4 Å². The van der Waals surface area contributed by atoms with Crippen LogP contribution in [0.2, 0.25) is 0 Å². The molecule has 0 saturated carbocycles. The van der Waals surface area contributed by atoms with E-state index in [4.69, 9.17) is 19.9 Å². The van der Waals surface area contributed by atoms with E-state index in [1.165, 1.54) is 0 Å². The topological polar surface area (TPSA) is 78.1 Å². The summed E-state index contributed by atoms with van der Waals surface area (Å²) in [5, 5.41) is 3.16. The molecule has 170 valence electrons. The average molecular weight is 547 g/mol. The van der Waals surface area contributed by atoms with Crippen molar-refractivity contribution in [2.24, 2.45) is 10.7 Å². The second kappa shape index (κ2) is 13.5. The Labute approximate surface area is 206 Å². The van der Waals surface area contributed by atoms with Crippen LogP contribution in [-0.2, 0) is 19.6 Å². The number of benzene rings is 3. The second-order valence-corrected chi connectivity index (χ2v) is 6.99. The number of nitrogens with one attached hydrogen (secondary N) is 1. The molecule has 32 heavy (non-hydrogen) atoms. The first-order valence-corrected chi connectivity index (χ1v) is 10.2. The van der Waals surface area contributed by atoms with E-state index in [1.807, 2.05) is 66.7 Å². The van der Waals surface area contributed by atoms with Gasteiger partial charge in [-0.3, -0.25) is 0 Å². The van der Waals surface area contributed by atoms with Crippen molar-refractivity contribution in [1.29, 1.82) is 0 Å². The average Bonchev–Trinajstić information content (AvgIpc) is 2.82. The predicted octanol–water partition coefficient (Wildman–Crippen LogP) is 4.55. The van der Waals surface area contributed by atoms with E-state index in [0.717, 1.165) is 40.4 Å². The monoisotopic (exact) mass is 547 g/mol. The van der Waals surface area contributed by atoms with Gasteiger partial charge in [0, 0.05) is 6.54 Å². The third-order valence-corrected chi connectivity index (χ3v) is 4.74. The van der Waals surface area contributed by atoms with Crippen LogP contribution in [0.4, 0.5) is 0 Å². The molecular formula is C25H30IN3O3. The lowest BCUT2D eigenvalue weighted by atomic mass is 10.1. The van der Waals surface area contributed by atoms with Crippen LogP contribution in [0.25, 0.3) is 0 Å². The van der Waals surface area contributed by atoms with Crippen molar-refractivity contribution < 1.29 is 14.2 Å². The van der Waals surface area contributed by atoms with Crippen LogP contribution < -0.4 is 25.3 Å². The molecule has 0 atom stereocenters. The van der Waals surface area contributed by atoms with Crippen LogP contribution in [0.1, 0.15) is 16.7 Å². The van der Waals surface area contributed by atoms with E-state index in [1.54, 1.807) is 14.2 Å². The second-order valence-electron chi connectivity index (χ2n) is 6.99. The quantitative estimate of drug-likeness (QED) is 0.221. The SMILES string of the molecule is COc1ccc(CCNC(N)=NCc2cccc(COc3ccccc3)c2)cc1OC.I. The zero-order valence-corrected chi connectivity index (χ0v) is 20.7. The van der Waals surface area contributed by atoms with Crippen molar-refractivity contribution in [3.8, 4) is 17.2 Å². The number of nitrogens with zero attached hydrogens (tertiary/aromatic N) is 1. The van der Waals surface area contributed by atoms with Gasteiger partial charge in [-0.15, -0.1) is 24.0 Å². The molecule has 6 nitrogen and oxygen atoms in total. The Balaban J connectivity index is 0.00000363. The molecule has 3 rings (SSSR count). The summed E-state index contributed by atoms with van der Waals surface area (Å²) in [4.78, 5) is 4.44. The molecule has 0 aliphatic heterocycles. The molecule has 3 N–H and O–H groups in total. The summed E-state index contributed by atoms with van der Waals surface area (Å²) < 4.78 is 16.4. The molecule has 0 radical (unpaired) electrons. The van der Waals surface area contributed by atoms with Crippen molar-refractivity contribution in [3.05, 3.63) is 89.5 Å². The van der Waals surface area contributed by atoms with Crippen LogP contribution in [0.15, 0.2) is 77.8 Å². The molecule has 0 aromatic heterocycles. The standard InChI is InChI=1S/C25H29N3O3.HI/c1-29-23-12-11-19(16-24(23)30-2)13-14-27-25(26)28-17-20-7-6-8-21(15-20)18-31-22-9-4-3-5-10-22;/h3-12,15-16H,13-14,17-18H2,1-2H3,(H3,26,27,28);1H. The molecule has 0 spiro atoms. The lowest BCUT2D eigenvalue weighted by Gasteiger charge is -2.10. The number of halogens is 1. The van der Waals surface area contributed by atoms with Crippen LogP contribution >= 0.6 is 24.0 Å². The van der Waals surface area contributed by atoms with Gasteiger partial charge in [-0.1, -0.05) is 48.5 Å². The third kappa shape index (κ3) is 7.96. The molecule has 7 heteroatoms. The van der Waals surface area contributed by atoms with Crippen molar-refractivity contribution >= 4 is 29.9 Å². The number of hydrogen-bond donors (Lipinski definition) is 2. The third-order valence-electron chi connectivity index (χ3n) is 4.74. The minimum Gasteiger partial charge on any atom is -0.493 e.